The van der Waals surface area contributed by atoms with E-state index in [4.69, 9.17) is 19.2 Å². The Balaban J connectivity index is 1.74. The van der Waals surface area contributed by atoms with E-state index in [0.29, 0.717) is 64.4 Å². The molecule has 0 aliphatic carbocycles. The zero-order valence-electron chi connectivity index (χ0n) is 20.2. The maximum Gasteiger partial charge on any atom is 0.252 e. The fraction of sp³-hybridized carbons (Fsp3) is 0.360. The standard InChI is InChI=1S/C25H29N3O6S/c1-32-22-12-16(13-23(33-2)24(22)34-3)21-14-19(18-9-5-6-10-20(18)27-21)25(29)26-17-8-7-11-28(15-17)35(4,30)31/h5-6,9-10,12-14,17H,7-8,11,15H2,1-4H3,(H,26,29). The highest BCUT2D eigenvalue weighted by atomic mass is 32.2. The predicted molar refractivity (Wildman–Crippen MR) is 134 cm³/mol. The van der Waals surface area contributed by atoms with Gasteiger partial charge >= 0.3 is 0 Å². The Morgan fingerprint density at radius 2 is 1.74 bits per heavy atom. The van der Waals surface area contributed by atoms with Crippen molar-refractivity contribution in [2.24, 2.45) is 0 Å². The second kappa shape index (κ2) is 10.1. The largest absolute Gasteiger partial charge is 0.493 e. The number of pyridine rings is 1. The van der Waals surface area contributed by atoms with E-state index in [0.717, 1.165) is 0 Å². The van der Waals surface area contributed by atoms with E-state index < -0.39 is 10.0 Å². The molecule has 10 heteroatoms. The molecule has 0 bridgehead atoms. The number of fused-ring (bicyclic) bond motifs is 1. The molecular formula is C25H29N3O6S. The van der Waals surface area contributed by atoms with Crippen molar-refractivity contribution in [3.8, 4) is 28.5 Å². The van der Waals surface area contributed by atoms with E-state index in [1.807, 2.05) is 24.3 Å². The topological polar surface area (TPSA) is 107 Å². The van der Waals surface area contributed by atoms with Crippen LogP contribution in [0.5, 0.6) is 17.2 Å². The Labute approximate surface area is 205 Å². The number of para-hydroxylation sites is 1. The van der Waals surface area contributed by atoms with Crippen LogP contribution in [0.15, 0.2) is 42.5 Å². The van der Waals surface area contributed by atoms with E-state index in [2.05, 4.69) is 5.32 Å². The van der Waals surface area contributed by atoms with Crippen LogP contribution in [-0.2, 0) is 10.0 Å². The third-order valence-electron chi connectivity index (χ3n) is 6.11. The van der Waals surface area contributed by atoms with Crippen LogP contribution in [0.4, 0.5) is 0 Å². The van der Waals surface area contributed by atoms with Crippen molar-refractivity contribution in [1.29, 1.82) is 0 Å². The maximum absolute atomic E-state index is 13.4. The number of methoxy groups -OCH3 is 3. The fourth-order valence-corrected chi connectivity index (χ4v) is 5.28. The van der Waals surface area contributed by atoms with Crippen LogP contribution in [0.3, 0.4) is 0 Å². The highest BCUT2D eigenvalue weighted by molar-refractivity contribution is 7.88. The Bertz CT molecular complexity index is 1330. The SMILES string of the molecule is COc1cc(-c2cc(C(=O)NC3CCCN(S(C)(=O)=O)C3)c3ccccc3n2)cc(OC)c1OC. The second-order valence-electron chi connectivity index (χ2n) is 8.42. The molecule has 0 spiro atoms. The molecule has 1 aliphatic heterocycles. The van der Waals surface area contributed by atoms with Crippen LogP contribution in [0.25, 0.3) is 22.2 Å². The maximum atomic E-state index is 13.4. The van der Waals surface area contributed by atoms with Crippen molar-refractivity contribution in [1.82, 2.24) is 14.6 Å². The molecule has 1 unspecified atom stereocenters. The molecule has 4 rings (SSSR count). The average Bonchev–Trinajstić information content (AvgIpc) is 2.86. The normalized spacial score (nSPS) is 16.6. The zero-order chi connectivity index (χ0) is 25.2. The summed E-state index contributed by atoms with van der Waals surface area (Å²) in [4.78, 5) is 18.2. The van der Waals surface area contributed by atoms with Crippen LogP contribution in [0.1, 0.15) is 23.2 Å². The van der Waals surface area contributed by atoms with Crippen LogP contribution in [0, 0.1) is 0 Å². The number of carbonyl (C=O) groups is 1. The average molecular weight is 500 g/mol. The van der Waals surface area contributed by atoms with Gasteiger partial charge in [-0.05, 0) is 37.1 Å². The van der Waals surface area contributed by atoms with Crippen molar-refractivity contribution >= 4 is 26.8 Å². The van der Waals surface area contributed by atoms with E-state index in [1.54, 1.807) is 18.2 Å². The fourth-order valence-electron chi connectivity index (χ4n) is 4.36. The summed E-state index contributed by atoms with van der Waals surface area (Å²) < 4.78 is 41.8. The summed E-state index contributed by atoms with van der Waals surface area (Å²) in [6.45, 7) is 0.724. The molecule has 0 saturated carbocycles. The monoisotopic (exact) mass is 499 g/mol. The molecule has 1 aliphatic rings. The molecule has 1 atom stereocenters. The Morgan fingerprint density at radius 3 is 2.37 bits per heavy atom. The first-order valence-corrected chi connectivity index (χ1v) is 13.1. The molecular weight excluding hydrogens is 470 g/mol. The number of nitrogens with zero attached hydrogens (tertiary/aromatic N) is 2. The minimum Gasteiger partial charge on any atom is -0.493 e. The van der Waals surface area contributed by atoms with Crippen LogP contribution in [0.2, 0.25) is 0 Å². The van der Waals surface area contributed by atoms with Crippen molar-refractivity contribution in [3.05, 3.63) is 48.0 Å². The van der Waals surface area contributed by atoms with Gasteiger partial charge in [0.05, 0.1) is 44.4 Å². The first kappa shape index (κ1) is 24.7. The number of aromatic nitrogens is 1. The van der Waals surface area contributed by atoms with Gasteiger partial charge in [0.15, 0.2) is 11.5 Å². The molecule has 1 saturated heterocycles. The lowest BCUT2D eigenvalue weighted by molar-refractivity contribution is 0.0923. The number of rotatable bonds is 7. The summed E-state index contributed by atoms with van der Waals surface area (Å²) in [6, 6.07) is 12.4. The summed E-state index contributed by atoms with van der Waals surface area (Å²) in [5.41, 5.74) is 2.37. The van der Waals surface area contributed by atoms with Crippen LogP contribution >= 0.6 is 0 Å². The van der Waals surface area contributed by atoms with Gasteiger partial charge in [-0.1, -0.05) is 18.2 Å². The van der Waals surface area contributed by atoms with Gasteiger partial charge in [-0.15, -0.1) is 0 Å². The third-order valence-corrected chi connectivity index (χ3v) is 7.38. The van der Waals surface area contributed by atoms with Gasteiger partial charge in [-0.25, -0.2) is 17.7 Å². The van der Waals surface area contributed by atoms with Gasteiger partial charge < -0.3 is 19.5 Å². The minimum atomic E-state index is -3.32. The zero-order valence-corrected chi connectivity index (χ0v) is 21.0. The summed E-state index contributed by atoms with van der Waals surface area (Å²) in [5.74, 6) is 1.14. The number of benzene rings is 2. The van der Waals surface area contributed by atoms with Crippen molar-refractivity contribution in [3.63, 3.8) is 0 Å². The molecule has 1 amide bonds. The first-order chi connectivity index (χ1) is 16.7. The molecule has 1 aromatic heterocycles. The summed E-state index contributed by atoms with van der Waals surface area (Å²) in [6.07, 6.45) is 2.59. The molecule has 3 aromatic rings. The Hall–Kier alpha value is -3.37. The Kier molecular flexibility index (Phi) is 7.13. The van der Waals surface area contributed by atoms with Gasteiger partial charge in [0.25, 0.3) is 5.91 Å². The van der Waals surface area contributed by atoms with Crippen molar-refractivity contribution < 1.29 is 27.4 Å². The summed E-state index contributed by atoms with van der Waals surface area (Å²) in [5, 5.41) is 3.73. The third kappa shape index (κ3) is 5.18. The van der Waals surface area contributed by atoms with Gasteiger partial charge in [-0.2, -0.15) is 0 Å². The van der Waals surface area contributed by atoms with Crippen molar-refractivity contribution in [2.45, 2.75) is 18.9 Å². The molecule has 2 heterocycles. The number of carbonyl (C=O) groups excluding carboxylic acids is 1. The summed E-state index contributed by atoms with van der Waals surface area (Å²) in [7, 11) is 1.30. The van der Waals surface area contributed by atoms with Crippen LogP contribution in [-0.4, -0.2) is 70.3 Å². The number of hydrogen-bond acceptors (Lipinski definition) is 7. The number of nitrogens with one attached hydrogen (secondary N) is 1. The van der Waals surface area contributed by atoms with Gasteiger partial charge in [0.2, 0.25) is 15.8 Å². The Morgan fingerprint density at radius 1 is 1.06 bits per heavy atom. The van der Waals surface area contributed by atoms with E-state index >= 15 is 0 Å². The van der Waals surface area contributed by atoms with E-state index in [-0.39, 0.29) is 18.5 Å². The smallest absolute Gasteiger partial charge is 0.252 e. The molecule has 186 valence electrons. The number of ether oxygens (including phenoxy) is 3. The number of piperidine rings is 1. The highest BCUT2D eigenvalue weighted by Crippen LogP contribution is 2.41. The first-order valence-electron chi connectivity index (χ1n) is 11.2. The van der Waals surface area contributed by atoms with Gasteiger partial charge in [-0.3, -0.25) is 4.79 Å². The number of amides is 1. The number of sulfonamides is 1. The minimum absolute atomic E-state index is 0.257. The van der Waals surface area contributed by atoms with Crippen molar-refractivity contribution in [2.75, 3.05) is 40.7 Å². The van der Waals surface area contributed by atoms with Gasteiger partial charge in [0, 0.05) is 30.1 Å². The molecule has 2 aromatic carbocycles. The predicted octanol–water partition coefficient (Wildman–Crippen LogP) is 3.08. The van der Waals surface area contributed by atoms with Crippen LogP contribution < -0.4 is 19.5 Å². The second-order valence-corrected chi connectivity index (χ2v) is 10.4. The molecule has 1 fully saturated rings. The lowest BCUT2D eigenvalue weighted by atomic mass is 10.0. The van der Waals surface area contributed by atoms with E-state index in [1.165, 1.54) is 31.9 Å². The lowest BCUT2D eigenvalue weighted by Gasteiger charge is -2.31. The van der Waals surface area contributed by atoms with E-state index in [9.17, 15) is 13.2 Å². The lowest BCUT2D eigenvalue weighted by Crippen LogP contribution is -2.49. The molecule has 35 heavy (non-hydrogen) atoms. The molecule has 1 N–H and O–H groups in total. The molecule has 0 radical (unpaired) electrons. The quantitative estimate of drug-likeness (QED) is 0.532. The molecule has 9 nitrogen and oxygen atoms in total. The highest BCUT2D eigenvalue weighted by Gasteiger charge is 2.28. The number of hydrogen-bond donors (Lipinski definition) is 1. The van der Waals surface area contributed by atoms with Gasteiger partial charge in [0.1, 0.15) is 0 Å². The summed E-state index contributed by atoms with van der Waals surface area (Å²) >= 11 is 0.